The summed E-state index contributed by atoms with van der Waals surface area (Å²) in [6.07, 6.45) is 7.61. The quantitative estimate of drug-likeness (QED) is 0.0917. The summed E-state index contributed by atoms with van der Waals surface area (Å²) in [5.41, 5.74) is 9.37. The van der Waals surface area contributed by atoms with Gasteiger partial charge in [-0.25, -0.2) is 0 Å². The van der Waals surface area contributed by atoms with Crippen molar-refractivity contribution in [2.24, 2.45) is 0 Å². The average Bonchev–Trinajstić information content (AvgIpc) is 3.92. The number of aliphatic hydroxyl groups excluding tert-OH is 2. The van der Waals surface area contributed by atoms with Crippen molar-refractivity contribution in [3.63, 3.8) is 0 Å². The molecule has 2 atom stereocenters. The summed E-state index contributed by atoms with van der Waals surface area (Å²) in [7, 11) is 0. The first-order valence-corrected chi connectivity index (χ1v) is 17.9. The van der Waals surface area contributed by atoms with E-state index in [2.05, 4.69) is 32.7 Å². The minimum Gasteiger partial charge on any atom is -0.385 e. The molecule has 246 valence electrons. The van der Waals surface area contributed by atoms with Crippen LogP contribution in [0.1, 0.15) is 74.7 Å². The van der Waals surface area contributed by atoms with E-state index in [4.69, 9.17) is 23.2 Å². The Morgan fingerprint density at radius 3 is 1.29 bits per heavy atom. The molecule has 2 aliphatic carbocycles. The van der Waals surface area contributed by atoms with E-state index in [1.165, 1.54) is 51.4 Å². The van der Waals surface area contributed by atoms with Gasteiger partial charge in [-0.05, 0) is 84.3 Å². The number of fused-ring (bicyclic) bond motifs is 2. The van der Waals surface area contributed by atoms with Crippen molar-refractivity contribution in [2.45, 2.75) is 75.7 Å². The van der Waals surface area contributed by atoms with Gasteiger partial charge >= 0.3 is 0 Å². The molecular formula is C40H40Cl2N4O2. The van der Waals surface area contributed by atoms with Gasteiger partial charge in [0.2, 0.25) is 0 Å². The normalized spacial score (nSPS) is 17.0. The largest absolute Gasteiger partial charge is 0.385 e. The number of hydrogen-bond donors (Lipinski definition) is 6. The van der Waals surface area contributed by atoms with Gasteiger partial charge in [0.15, 0.2) is 0 Å². The molecule has 2 unspecified atom stereocenters. The van der Waals surface area contributed by atoms with Gasteiger partial charge < -0.3 is 30.8 Å². The number of halogens is 2. The van der Waals surface area contributed by atoms with Crippen molar-refractivity contribution in [1.82, 2.24) is 9.97 Å². The monoisotopic (exact) mass is 678 g/mol. The Morgan fingerprint density at radius 1 is 0.542 bits per heavy atom. The van der Waals surface area contributed by atoms with Crippen LogP contribution < -0.4 is 10.6 Å². The Labute approximate surface area is 290 Å². The van der Waals surface area contributed by atoms with Crippen LogP contribution in [0.3, 0.4) is 0 Å². The third-order valence-corrected chi connectivity index (χ3v) is 10.7. The topological polar surface area (TPSA) is 96.1 Å². The number of hydrogen-bond acceptors (Lipinski definition) is 4. The van der Waals surface area contributed by atoms with Crippen LogP contribution in [0.4, 0.5) is 11.4 Å². The molecule has 0 spiro atoms. The first kappa shape index (κ1) is 31.3. The molecule has 0 bridgehead atoms. The van der Waals surface area contributed by atoms with Crippen LogP contribution in [-0.4, -0.2) is 32.3 Å². The molecule has 0 aliphatic heterocycles. The number of aromatic nitrogens is 2. The number of aromatic amines is 2. The zero-order valence-corrected chi connectivity index (χ0v) is 28.2. The fourth-order valence-corrected chi connectivity index (χ4v) is 8.07. The lowest BCUT2D eigenvalue weighted by atomic mass is 9.96. The van der Waals surface area contributed by atoms with Crippen LogP contribution in [0.25, 0.3) is 44.3 Å². The highest BCUT2D eigenvalue weighted by atomic mass is 35.5. The van der Waals surface area contributed by atoms with E-state index in [1.54, 1.807) is 0 Å². The molecule has 2 aliphatic rings. The van der Waals surface area contributed by atoms with Gasteiger partial charge in [-0.15, -0.1) is 0 Å². The predicted octanol–water partition coefficient (Wildman–Crippen LogP) is 10.8. The third kappa shape index (κ3) is 6.30. The summed E-state index contributed by atoms with van der Waals surface area (Å²) >= 11 is 13.0. The van der Waals surface area contributed by atoms with Crippen molar-refractivity contribution in [2.75, 3.05) is 10.6 Å². The highest BCUT2D eigenvalue weighted by Gasteiger charge is 2.22. The molecule has 8 heteroatoms. The molecule has 2 saturated carbocycles. The smallest absolute Gasteiger partial charge is 0.109 e. The molecule has 2 fully saturated rings. The second-order valence-electron chi connectivity index (χ2n) is 13.6. The number of benzene rings is 4. The molecule has 0 saturated heterocycles. The number of rotatable bonds is 9. The summed E-state index contributed by atoms with van der Waals surface area (Å²) < 4.78 is 0. The summed E-state index contributed by atoms with van der Waals surface area (Å²) in [5, 5.41) is 33.2. The molecule has 6 N–H and O–H groups in total. The van der Waals surface area contributed by atoms with E-state index in [-0.39, 0.29) is 0 Å². The SMILES string of the molecule is OC(c1ccc(-c2cc3cc(Cl)cc(NC4CCCC4)c3[nH]2)cc1)C(O)c1ccc(-c2cc3cc(Cl)cc(NC4CCCC4)c3[nH]2)cc1. The molecule has 2 heterocycles. The fourth-order valence-electron chi connectivity index (χ4n) is 7.62. The second kappa shape index (κ2) is 13.2. The molecule has 0 amide bonds. The first-order chi connectivity index (χ1) is 23.4. The Balaban J connectivity index is 0.978. The maximum absolute atomic E-state index is 11.2. The molecule has 6 nitrogen and oxygen atoms in total. The molecular weight excluding hydrogens is 639 g/mol. The molecule has 4 aromatic carbocycles. The van der Waals surface area contributed by atoms with Crippen molar-refractivity contribution in [3.05, 3.63) is 106 Å². The van der Waals surface area contributed by atoms with E-state index in [0.717, 1.165) is 55.7 Å². The van der Waals surface area contributed by atoms with Crippen LogP contribution in [-0.2, 0) is 0 Å². The lowest BCUT2D eigenvalue weighted by Crippen LogP contribution is -2.14. The highest BCUT2D eigenvalue weighted by molar-refractivity contribution is 6.32. The van der Waals surface area contributed by atoms with Crippen LogP contribution in [0.2, 0.25) is 10.0 Å². The molecule has 8 rings (SSSR count). The zero-order valence-electron chi connectivity index (χ0n) is 26.7. The molecule has 0 radical (unpaired) electrons. The van der Waals surface area contributed by atoms with E-state index >= 15 is 0 Å². The van der Waals surface area contributed by atoms with Crippen LogP contribution >= 0.6 is 23.2 Å². The van der Waals surface area contributed by atoms with Gasteiger partial charge in [0, 0.05) is 44.3 Å². The van der Waals surface area contributed by atoms with Gasteiger partial charge in [0.25, 0.3) is 0 Å². The summed E-state index contributed by atoms with van der Waals surface area (Å²) in [6, 6.07) is 28.5. The molecule has 48 heavy (non-hydrogen) atoms. The van der Waals surface area contributed by atoms with Crippen LogP contribution in [0, 0.1) is 0 Å². The lowest BCUT2D eigenvalue weighted by Gasteiger charge is -2.19. The standard InChI is InChI=1S/C40H40Cl2N4O2/c41-29-17-27-19-33(45-37(27)35(21-29)43-31-5-1-2-6-31)23-9-13-25(14-10-23)39(47)40(48)26-15-11-24(12-16-26)34-20-28-18-30(42)22-36(38(28)46-34)44-32-7-3-4-8-32/h9-22,31-32,39-40,43-48H,1-8H2. The van der Waals surface area contributed by atoms with Crippen molar-refractivity contribution in [1.29, 1.82) is 0 Å². The molecule has 6 aromatic rings. The Bertz CT molecular complexity index is 1910. The van der Waals surface area contributed by atoms with E-state index in [0.29, 0.717) is 33.3 Å². The van der Waals surface area contributed by atoms with E-state index in [9.17, 15) is 10.2 Å². The third-order valence-electron chi connectivity index (χ3n) is 10.2. The summed E-state index contributed by atoms with van der Waals surface area (Å²) in [4.78, 5) is 7.16. The maximum Gasteiger partial charge on any atom is 0.109 e. The Kier molecular flexibility index (Phi) is 8.60. The minimum absolute atomic E-state index is 0.478. The maximum atomic E-state index is 11.2. The Hall–Kier alpha value is -3.94. The Morgan fingerprint density at radius 2 is 0.917 bits per heavy atom. The van der Waals surface area contributed by atoms with Crippen molar-refractivity contribution < 1.29 is 10.2 Å². The van der Waals surface area contributed by atoms with Gasteiger partial charge in [-0.2, -0.15) is 0 Å². The number of aliphatic hydroxyl groups is 2. The lowest BCUT2D eigenvalue weighted by molar-refractivity contribution is 0.0172. The van der Waals surface area contributed by atoms with Gasteiger partial charge in [0.1, 0.15) is 12.2 Å². The molecule has 2 aromatic heterocycles. The van der Waals surface area contributed by atoms with E-state index in [1.807, 2.05) is 72.8 Å². The van der Waals surface area contributed by atoms with Crippen molar-refractivity contribution >= 4 is 56.4 Å². The first-order valence-electron chi connectivity index (χ1n) is 17.1. The van der Waals surface area contributed by atoms with Crippen molar-refractivity contribution in [3.8, 4) is 22.5 Å². The van der Waals surface area contributed by atoms with Gasteiger partial charge in [-0.1, -0.05) is 97.4 Å². The zero-order chi connectivity index (χ0) is 32.8. The van der Waals surface area contributed by atoms with E-state index < -0.39 is 12.2 Å². The average molecular weight is 680 g/mol. The minimum atomic E-state index is -1.08. The summed E-state index contributed by atoms with van der Waals surface area (Å²) in [5.74, 6) is 0. The van der Waals surface area contributed by atoms with Crippen LogP contribution in [0.5, 0.6) is 0 Å². The number of nitrogens with one attached hydrogen (secondary N) is 4. The van der Waals surface area contributed by atoms with Crippen LogP contribution in [0.15, 0.2) is 84.9 Å². The number of anilines is 2. The number of H-pyrrole nitrogens is 2. The highest BCUT2D eigenvalue weighted by Crippen LogP contribution is 2.37. The predicted molar refractivity (Wildman–Crippen MR) is 199 cm³/mol. The summed E-state index contributed by atoms with van der Waals surface area (Å²) in [6.45, 7) is 0. The fraction of sp³-hybridized carbons (Fsp3) is 0.300. The second-order valence-corrected chi connectivity index (χ2v) is 14.5. The van der Waals surface area contributed by atoms with Gasteiger partial charge in [0.05, 0.1) is 22.4 Å². The van der Waals surface area contributed by atoms with Gasteiger partial charge in [-0.3, -0.25) is 0 Å².